The van der Waals surface area contributed by atoms with Crippen LogP contribution in [-0.4, -0.2) is 24.7 Å². The van der Waals surface area contributed by atoms with Gasteiger partial charge in [-0.05, 0) is 55.7 Å². The highest BCUT2D eigenvalue weighted by Gasteiger charge is 2.71. The zero-order valence-electron chi connectivity index (χ0n) is 25.5. The molecule has 0 aliphatic rings. The van der Waals surface area contributed by atoms with Crippen LogP contribution in [0, 0.1) is 23.3 Å². The fourth-order valence-electron chi connectivity index (χ4n) is 4.42. The Morgan fingerprint density at radius 2 is 0.875 bits per heavy atom. The first-order chi connectivity index (χ1) is 21.2. The van der Waals surface area contributed by atoms with Gasteiger partial charge in [-0.15, -0.1) is 0 Å². The standard InChI is InChI=1S/C15H15F9.C14H12F10/c1-4-8(2)10-6-5-9(7-11(10)13(16,17)18)12(3,14(19,20)21)15(22,23)24;1-4-5(2)6-8(15)10(17)7(11(18)9(6)16)12(3,13(19,20)21)14(22,23)24/h5-8H,4H2,1-3H3;5H,4H2,1-3H3. The quantitative estimate of drug-likeness (QED) is 0.205. The summed E-state index contributed by atoms with van der Waals surface area (Å²) >= 11 is 0. The molecule has 2 atom stereocenters. The van der Waals surface area contributed by atoms with Crippen LogP contribution in [0.25, 0.3) is 0 Å². The zero-order valence-corrected chi connectivity index (χ0v) is 25.5. The van der Waals surface area contributed by atoms with Gasteiger partial charge in [0.25, 0.3) is 0 Å². The number of benzene rings is 2. The van der Waals surface area contributed by atoms with E-state index in [9.17, 15) is 83.4 Å². The van der Waals surface area contributed by atoms with E-state index in [-0.39, 0.29) is 31.4 Å². The molecule has 2 rings (SSSR count). The van der Waals surface area contributed by atoms with Gasteiger partial charge < -0.3 is 0 Å². The Bertz CT molecular complexity index is 1360. The van der Waals surface area contributed by atoms with Crippen molar-refractivity contribution < 1.29 is 83.4 Å². The predicted molar refractivity (Wildman–Crippen MR) is 134 cm³/mol. The van der Waals surface area contributed by atoms with Crippen LogP contribution in [0.15, 0.2) is 18.2 Å². The van der Waals surface area contributed by atoms with Crippen molar-refractivity contribution in [2.75, 3.05) is 0 Å². The first-order valence-electron chi connectivity index (χ1n) is 13.5. The van der Waals surface area contributed by atoms with Gasteiger partial charge in [0.15, 0.2) is 34.1 Å². The normalized spacial score (nSPS) is 15.2. The van der Waals surface area contributed by atoms with E-state index in [0.29, 0.717) is 12.1 Å². The Morgan fingerprint density at radius 1 is 0.521 bits per heavy atom. The first-order valence-corrected chi connectivity index (χ1v) is 13.5. The Kier molecular flexibility index (Phi) is 12.4. The van der Waals surface area contributed by atoms with E-state index < -0.39 is 106 Å². The van der Waals surface area contributed by atoms with Crippen molar-refractivity contribution in [2.45, 2.75) is 108 Å². The van der Waals surface area contributed by atoms with Gasteiger partial charge >= 0.3 is 30.9 Å². The summed E-state index contributed by atoms with van der Waals surface area (Å²) in [6.45, 7) is 4.72. The van der Waals surface area contributed by atoms with E-state index in [1.165, 1.54) is 13.8 Å². The van der Waals surface area contributed by atoms with Gasteiger partial charge in [-0.1, -0.05) is 39.8 Å². The maximum atomic E-state index is 14.0. The van der Waals surface area contributed by atoms with Crippen LogP contribution >= 0.6 is 0 Å². The number of hydrogen-bond acceptors (Lipinski definition) is 0. The smallest absolute Gasteiger partial charge is 0.203 e. The molecule has 0 N–H and O–H groups in total. The average Bonchev–Trinajstić information content (AvgIpc) is 2.92. The lowest BCUT2D eigenvalue weighted by atomic mass is 9.78. The van der Waals surface area contributed by atoms with Crippen LogP contribution in [0.5, 0.6) is 0 Å². The first kappa shape index (κ1) is 43.1. The summed E-state index contributed by atoms with van der Waals surface area (Å²) in [6, 6.07) is 1.13. The minimum Gasteiger partial charge on any atom is -0.203 e. The maximum Gasteiger partial charge on any atom is 0.416 e. The molecule has 19 heteroatoms. The monoisotopic (exact) mass is 736 g/mol. The molecule has 0 aromatic heterocycles. The molecule has 0 fully saturated rings. The van der Waals surface area contributed by atoms with Crippen LogP contribution in [0.4, 0.5) is 83.4 Å². The van der Waals surface area contributed by atoms with E-state index in [1.54, 1.807) is 6.92 Å². The van der Waals surface area contributed by atoms with E-state index in [0.717, 1.165) is 6.92 Å². The number of rotatable bonds is 6. The van der Waals surface area contributed by atoms with Crippen molar-refractivity contribution in [3.05, 3.63) is 69.3 Å². The summed E-state index contributed by atoms with van der Waals surface area (Å²) in [6.07, 6.45) is -29.0. The topological polar surface area (TPSA) is 0 Å². The molecule has 2 aromatic carbocycles. The van der Waals surface area contributed by atoms with Gasteiger partial charge in [-0.3, -0.25) is 0 Å². The molecular formula is C29H27F19. The van der Waals surface area contributed by atoms with Crippen LogP contribution in [-0.2, 0) is 17.0 Å². The molecule has 0 amide bonds. The summed E-state index contributed by atoms with van der Waals surface area (Å²) in [5.74, 6) is -11.8. The lowest BCUT2D eigenvalue weighted by Crippen LogP contribution is -2.53. The molecule has 2 unspecified atom stereocenters. The van der Waals surface area contributed by atoms with Crippen molar-refractivity contribution in [1.29, 1.82) is 0 Å². The fraction of sp³-hybridized carbons (Fsp3) is 0.586. The van der Waals surface area contributed by atoms with Gasteiger partial charge in [0.2, 0.25) is 0 Å². The van der Waals surface area contributed by atoms with Gasteiger partial charge in [-0.25, -0.2) is 17.6 Å². The Balaban J connectivity index is 0.000000480. The number of alkyl halides is 15. The summed E-state index contributed by atoms with van der Waals surface area (Å²) in [5.41, 5.74) is -16.8. The summed E-state index contributed by atoms with van der Waals surface area (Å²) in [7, 11) is 0. The molecule has 0 spiro atoms. The van der Waals surface area contributed by atoms with Crippen LogP contribution in [0.2, 0.25) is 0 Å². The third kappa shape index (κ3) is 7.63. The highest BCUT2D eigenvalue weighted by Crippen LogP contribution is 2.55. The zero-order chi connectivity index (χ0) is 38.4. The molecule has 0 bridgehead atoms. The minimum atomic E-state index is -6.25. The van der Waals surface area contributed by atoms with Crippen molar-refractivity contribution in [3.8, 4) is 0 Å². The molecule has 2 aromatic rings. The van der Waals surface area contributed by atoms with Crippen molar-refractivity contribution >= 4 is 0 Å². The van der Waals surface area contributed by atoms with Crippen LogP contribution in [0.1, 0.15) is 94.0 Å². The molecule has 0 saturated carbocycles. The SMILES string of the molecule is CCC(C)c1c(F)c(F)c(C(C)(C(F)(F)F)C(F)(F)F)c(F)c1F.CCC(C)c1ccc(C(C)(C(F)(F)F)C(F)(F)F)cc1C(F)(F)F. The van der Waals surface area contributed by atoms with E-state index in [1.807, 2.05) is 0 Å². The van der Waals surface area contributed by atoms with E-state index in [2.05, 4.69) is 0 Å². The average molecular weight is 736 g/mol. The lowest BCUT2D eigenvalue weighted by Gasteiger charge is -2.35. The molecule has 0 aliphatic carbocycles. The largest absolute Gasteiger partial charge is 0.416 e. The fourth-order valence-corrected chi connectivity index (χ4v) is 4.42. The van der Waals surface area contributed by atoms with E-state index >= 15 is 0 Å². The molecule has 0 nitrogen and oxygen atoms in total. The third-order valence-electron chi connectivity index (χ3n) is 8.25. The van der Waals surface area contributed by atoms with Crippen molar-refractivity contribution in [3.63, 3.8) is 0 Å². The second-order valence-electron chi connectivity index (χ2n) is 11.2. The van der Waals surface area contributed by atoms with Crippen LogP contribution in [0.3, 0.4) is 0 Å². The lowest BCUT2D eigenvalue weighted by molar-refractivity contribution is -0.299. The van der Waals surface area contributed by atoms with Gasteiger partial charge in [0.1, 0.15) is 0 Å². The molecule has 0 heterocycles. The summed E-state index contributed by atoms with van der Waals surface area (Å²) in [4.78, 5) is 0. The summed E-state index contributed by atoms with van der Waals surface area (Å²) < 4.78 is 251. The minimum absolute atomic E-state index is 0.0392. The Morgan fingerprint density at radius 3 is 1.17 bits per heavy atom. The molecule has 48 heavy (non-hydrogen) atoms. The predicted octanol–water partition coefficient (Wildman–Crippen LogP) is 12.7. The third-order valence-corrected chi connectivity index (χ3v) is 8.25. The highest BCUT2D eigenvalue weighted by atomic mass is 19.4. The van der Waals surface area contributed by atoms with Crippen molar-refractivity contribution in [1.82, 2.24) is 0 Å². The van der Waals surface area contributed by atoms with Crippen molar-refractivity contribution in [2.24, 2.45) is 0 Å². The maximum absolute atomic E-state index is 14.0. The van der Waals surface area contributed by atoms with Gasteiger partial charge in [0, 0.05) is 5.56 Å². The van der Waals surface area contributed by atoms with Crippen LogP contribution < -0.4 is 0 Å². The van der Waals surface area contributed by atoms with Gasteiger partial charge in [-0.2, -0.15) is 65.9 Å². The number of hydrogen-bond donors (Lipinski definition) is 0. The van der Waals surface area contributed by atoms with Gasteiger partial charge in [0.05, 0.1) is 11.1 Å². The molecule has 0 saturated heterocycles. The second kappa shape index (κ2) is 13.8. The Labute approximate surface area is 261 Å². The molecule has 0 radical (unpaired) electrons. The second-order valence-corrected chi connectivity index (χ2v) is 11.2. The van der Waals surface area contributed by atoms with E-state index in [4.69, 9.17) is 0 Å². The highest BCUT2D eigenvalue weighted by molar-refractivity contribution is 5.41. The molecular weight excluding hydrogens is 709 g/mol. The Hall–Kier alpha value is -2.89. The molecule has 0 aliphatic heterocycles. The summed E-state index contributed by atoms with van der Waals surface area (Å²) in [5, 5.41) is 0. The number of halogens is 19. The molecule has 276 valence electrons.